The highest BCUT2D eigenvalue weighted by Crippen LogP contribution is 2.37. The zero-order valence-electron chi connectivity index (χ0n) is 37.4. The second-order valence-electron chi connectivity index (χ2n) is 17.0. The summed E-state index contributed by atoms with van der Waals surface area (Å²) in [5, 5.41) is 31.2. The Balaban J connectivity index is 2.22. The summed E-state index contributed by atoms with van der Waals surface area (Å²) in [5.74, 6) is -2.16. The molecule has 0 radical (unpaired) electrons. The minimum Gasteiger partial charge on any atom is -0.462 e. The van der Waals surface area contributed by atoms with Gasteiger partial charge in [0.2, 0.25) is 0 Å². The second-order valence-corrected chi connectivity index (χ2v) is 18.3. The van der Waals surface area contributed by atoms with Crippen LogP contribution < -0.4 is 0 Å². The Morgan fingerprint density at radius 1 is 0.650 bits per heavy atom. The Kier molecular flexibility index (Phi) is 34.2. The number of hydrogen-bond donors (Lipinski definition) is 5. The van der Waals surface area contributed by atoms with Gasteiger partial charge in [-0.15, -0.1) is 0 Å². The molecule has 0 spiro atoms. The van der Waals surface area contributed by atoms with Crippen molar-refractivity contribution in [1.82, 2.24) is 0 Å². The third-order valence-electron chi connectivity index (χ3n) is 11.4. The van der Waals surface area contributed by atoms with Gasteiger partial charge in [-0.2, -0.15) is 0 Å². The third-order valence-corrected chi connectivity index (χ3v) is 11.9. The van der Waals surface area contributed by atoms with Crippen LogP contribution >= 0.6 is 7.82 Å². The van der Waals surface area contributed by atoms with E-state index in [0.717, 1.165) is 38.5 Å². The monoisotopic (exact) mass is 873 g/mol. The number of aliphatic hydroxyl groups excluding tert-OH is 3. The molecule has 5 N–H and O–H groups in total. The number of phosphoric ester groups is 1. The number of allylic oxidation sites excluding steroid dienone is 2. The van der Waals surface area contributed by atoms with E-state index in [2.05, 4.69) is 30.5 Å². The van der Waals surface area contributed by atoms with Crippen molar-refractivity contribution < 1.29 is 58.1 Å². The van der Waals surface area contributed by atoms with E-state index in [9.17, 15) is 34.3 Å². The minimum absolute atomic E-state index is 0.0173. The minimum atomic E-state index is -4.85. The van der Waals surface area contributed by atoms with Crippen LogP contribution in [0.4, 0.5) is 0 Å². The normalized spacial score (nSPS) is 19.3. The maximum absolute atomic E-state index is 12.8. The molecule has 350 valence electrons. The van der Waals surface area contributed by atoms with Gasteiger partial charge in [-0.05, 0) is 51.4 Å². The van der Waals surface area contributed by atoms with Crippen molar-refractivity contribution in [2.75, 3.05) is 13.2 Å². The summed E-state index contributed by atoms with van der Waals surface area (Å²) in [5.41, 5.74) is 0. The van der Waals surface area contributed by atoms with E-state index in [0.29, 0.717) is 25.7 Å². The Morgan fingerprint density at radius 2 is 1.15 bits per heavy atom. The summed E-state index contributed by atoms with van der Waals surface area (Å²) in [4.78, 5) is 56.0. The van der Waals surface area contributed by atoms with Crippen molar-refractivity contribution in [3.05, 3.63) is 24.3 Å². The third kappa shape index (κ3) is 31.9. The van der Waals surface area contributed by atoms with Crippen LogP contribution in [0.3, 0.4) is 0 Å². The van der Waals surface area contributed by atoms with Gasteiger partial charge in [0, 0.05) is 43.9 Å². The van der Waals surface area contributed by atoms with E-state index in [1.807, 2.05) is 0 Å². The predicted molar refractivity (Wildman–Crippen MR) is 237 cm³/mol. The maximum atomic E-state index is 12.8. The number of Topliss-reactive ketones (excluding diaryl/α,β-unsaturated/α-hetero) is 1. The number of ketones is 1. The van der Waals surface area contributed by atoms with Crippen molar-refractivity contribution >= 4 is 25.5 Å². The average molecular weight is 873 g/mol. The molecule has 60 heavy (non-hydrogen) atoms. The predicted octanol–water partition coefficient (Wildman–Crippen LogP) is 10.3. The number of carbonyl (C=O) groups is 3. The molecule has 1 rings (SSSR count). The molecule has 1 fully saturated rings. The van der Waals surface area contributed by atoms with E-state index in [4.69, 9.17) is 19.3 Å². The molecule has 0 aliphatic heterocycles. The summed E-state index contributed by atoms with van der Waals surface area (Å²) in [6.45, 7) is 3.28. The summed E-state index contributed by atoms with van der Waals surface area (Å²) >= 11 is 0. The Bertz CT molecular complexity index is 1200. The molecule has 0 aromatic heterocycles. The topological polar surface area (TPSA) is 197 Å². The average Bonchev–Trinajstić information content (AvgIpc) is 3.47. The number of aliphatic hydroxyl groups is 3. The van der Waals surface area contributed by atoms with Crippen molar-refractivity contribution in [2.45, 2.75) is 231 Å². The Hall–Kier alpha value is -1.92. The lowest BCUT2D eigenvalue weighted by atomic mass is 9.87. The number of hydrogen-bond acceptors (Lipinski definition) is 10. The van der Waals surface area contributed by atoms with Gasteiger partial charge in [-0.1, -0.05) is 147 Å². The van der Waals surface area contributed by atoms with Gasteiger partial charge in [0.25, 0.3) is 0 Å². The van der Waals surface area contributed by atoms with Crippen LogP contribution in [0.25, 0.3) is 0 Å². The summed E-state index contributed by atoms with van der Waals surface area (Å²) in [6, 6.07) is 0. The maximum Gasteiger partial charge on any atom is 0.469 e. The van der Waals surface area contributed by atoms with E-state index < -0.39 is 69.2 Å². The fourth-order valence-electron chi connectivity index (χ4n) is 7.78. The van der Waals surface area contributed by atoms with Crippen molar-refractivity contribution in [3.8, 4) is 0 Å². The summed E-state index contributed by atoms with van der Waals surface area (Å²) in [6.07, 6.45) is 32.4. The number of unbranched alkanes of at least 4 members (excludes halogenated alkanes) is 20. The Morgan fingerprint density at radius 3 is 1.73 bits per heavy atom. The number of carbonyl (C=O) groups excluding carboxylic acids is 3. The van der Waals surface area contributed by atoms with Crippen LogP contribution in [0.1, 0.15) is 206 Å². The molecule has 0 bridgehead atoms. The smallest absolute Gasteiger partial charge is 0.462 e. The van der Waals surface area contributed by atoms with E-state index in [1.165, 1.54) is 96.3 Å². The van der Waals surface area contributed by atoms with Crippen LogP contribution in [-0.4, -0.2) is 80.5 Å². The van der Waals surface area contributed by atoms with Crippen molar-refractivity contribution in [3.63, 3.8) is 0 Å². The molecule has 0 heterocycles. The summed E-state index contributed by atoms with van der Waals surface area (Å²) in [7, 11) is -4.85. The molecule has 0 unspecified atom stereocenters. The summed E-state index contributed by atoms with van der Waals surface area (Å²) < 4.78 is 26.4. The Labute approximate surface area is 362 Å². The lowest BCUT2D eigenvalue weighted by Gasteiger charge is -2.20. The molecule has 1 aliphatic rings. The fourth-order valence-corrected chi connectivity index (χ4v) is 8.14. The van der Waals surface area contributed by atoms with Gasteiger partial charge in [0.05, 0.1) is 24.9 Å². The zero-order valence-corrected chi connectivity index (χ0v) is 38.3. The molecule has 0 saturated heterocycles. The van der Waals surface area contributed by atoms with Crippen LogP contribution in [0.15, 0.2) is 24.3 Å². The van der Waals surface area contributed by atoms with Gasteiger partial charge in [0.15, 0.2) is 6.10 Å². The number of ether oxygens (including phenoxy) is 2. The highest BCUT2D eigenvalue weighted by molar-refractivity contribution is 7.46. The molecule has 1 aliphatic carbocycles. The van der Waals surface area contributed by atoms with Crippen LogP contribution in [0.2, 0.25) is 0 Å². The first-order valence-electron chi connectivity index (χ1n) is 23.8. The molecular formula is C47H85O12P. The first-order valence-corrected chi connectivity index (χ1v) is 25.3. The first-order chi connectivity index (χ1) is 28.9. The standard InChI is InChI=1S/C47H85O12P/c1-3-5-7-8-9-10-11-12-13-14-15-16-17-18-19-20-21-22-23-24-26-32-47(53)59-41(38-58-60(54,55)56)37-57-46(52)31-28-27-30-40(49)35-43-42(44(50)36-45(43)51)34-33-39(48)29-25-6-4-2/h12-13,33-34,39,41-45,48,50-51H,3-11,14-32,35-38H2,1-2H3,(H2,54,55,56)/b13-12-,34-33+/t39-,41+,42+,43+,44+,45-/m0/s1. The molecule has 6 atom stereocenters. The molecule has 12 nitrogen and oxygen atoms in total. The van der Waals surface area contributed by atoms with Gasteiger partial charge in [0.1, 0.15) is 12.4 Å². The van der Waals surface area contributed by atoms with Crippen molar-refractivity contribution in [1.29, 1.82) is 0 Å². The molecule has 0 aromatic rings. The quantitative estimate of drug-likeness (QED) is 0.0169. The molecule has 13 heteroatoms. The lowest BCUT2D eigenvalue weighted by molar-refractivity contribution is -0.161. The van der Waals surface area contributed by atoms with Gasteiger partial charge >= 0.3 is 19.8 Å². The number of phosphoric acid groups is 1. The van der Waals surface area contributed by atoms with Crippen molar-refractivity contribution in [2.24, 2.45) is 11.8 Å². The largest absolute Gasteiger partial charge is 0.469 e. The van der Waals surface area contributed by atoms with Gasteiger partial charge in [-0.25, -0.2) is 4.57 Å². The molecule has 1 saturated carbocycles. The van der Waals surface area contributed by atoms with E-state index >= 15 is 0 Å². The highest BCUT2D eigenvalue weighted by Gasteiger charge is 2.41. The number of esters is 2. The highest BCUT2D eigenvalue weighted by atomic mass is 31.2. The zero-order chi connectivity index (χ0) is 44.3. The molecule has 0 aromatic carbocycles. The van der Waals surface area contributed by atoms with Crippen LogP contribution in [0, 0.1) is 11.8 Å². The SMILES string of the molecule is CCCCCCCC/C=C\CCCCCCCCCCCCCC(=O)O[C@H](COC(=O)CCCCC(=O)C[C@@H]1[C@@H](/C=C/[C@@H](O)CCCCC)[C@H](O)C[C@@H]1O)COP(=O)(O)O. The number of rotatable bonds is 40. The van der Waals surface area contributed by atoms with E-state index in [1.54, 1.807) is 12.2 Å². The molecule has 0 amide bonds. The second kappa shape index (κ2) is 36.6. The lowest BCUT2D eigenvalue weighted by Crippen LogP contribution is -2.29. The van der Waals surface area contributed by atoms with Gasteiger partial charge in [-0.3, -0.25) is 18.9 Å². The van der Waals surface area contributed by atoms with Crippen LogP contribution in [0.5, 0.6) is 0 Å². The molecular weight excluding hydrogens is 787 g/mol. The van der Waals surface area contributed by atoms with Gasteiger partial charge < -0.3 is 34.6 Å². The fraction of sp³-hybridized carbons (Fsp3) is 0.851. The van der Waals surface area contributed by atoms with E-state index in [-0.39, 0.29) is 37.9 Å². The first kappa shape index (κ1) is 56.1. The van der Waals surface area contributed by atoms with Crippen LogP contribution in [-0.2, 0) is 32.9 Å².